The van der Waals surface area contributed by atoms with Gasteiger partial charge < -0.3 is 10.5 Å². The van der Waals surface area contributed by atoms with E-state index in [1.165, 1.54) is 17.6 Å². The third kappa shape index (κ3) is 3.91. The maximum atomic E-state index is 11.2. The minimum atomic E-state index is -2.99. The lowest BCUT2D eigenvalue weighted by Crippen LogP contribution is -2.15. The minimum Gasteiger partial charge on any atom is -0.494 e. The van der Waals surface area contributed by atoms with Crippen molar-refractivity contribution in [3.05, 3.63) is 23.2 Å². The maximum absolute atomic E-state index is 11.2. The molecule has 2 N–H and O–H groups in total. The van der Waals surface area contributed by atoms with Crippen LogP contribution in [-0.4, -0.2) is 32.0 Å². The Hall–Kier alpha value is -1.18. The summed E-state index contributed by atoms with van der Waals surface area (Å²) >= 11 is 1.49. The molecule has 1 atom stereocenters. The van der Waals surface area contributed by atoms with E-state index in [9.17, 15) is 8.42 Å². The highest BCUT2D eigenvalue weighted by atomic mass is 32.2. The first-order valence-electron chi connectivity index (χ1n) is 6.35. The molecule has 0 amide bonds. The molecule has 0 aliphatic heterocycles. The molecule has 7 heteroatoms. The highest BCUT2D eigenvalue weighted by Crippen LogP contribution is 2.29. The second kappa shape index (κ2) is 6.07. The van der Waals surface area contributed by atoms with Crippen LogP contribution in [0, 0.1) is 0 Å². The lowest BCUT2D eigenvalue weighted by Gasteiger charge is -2.06. The summed E-state index contributed by atoms with van der Waals surface area (Å²) in [6.07, 6.45) is 1.60. The van der Waals surface area contributed by atoms with Gasteiger partial charge >= 0.3 is 0 Å². The lowest BCUT2D eigenvalue weighted by molar-refractivity contribution is 0.341. The van der Waals surface area contributed by atoms with E-state index in [1.807, 2.05) is 25.1 Å². The Labute approximate surface area is 122 Å². The summed E-state index contributed by atoms with van der Waals surface area (Å²) in [5.74, 6) is 0.883. The molecule has 0 radical (unpaired) electrons. The van der Waals surface area contributed by atoms with Crippen molar-refractivity contribution in [2.75, 3.05) is 18.6 Å². The number of sulfone groups is 1. The summed E-state index contributed by atoms with van der Waals surface area (Å²) in [5.41, 5.74) is 6.88. The number of thiazole rings is 1. The standard InChI is InChI=1S/C13H18N2O3S2/c1-3-18-9-4-5-11-12(8-9)19-13(15-11)10(14)6-7-20(2,16)17/h4-5,8,10H,3,6-7,14H2,1-2H3. The average molecular weight is 314 g/mol. The fourth-order valence-electron chi connectivity index (χ4n) is 1.80. The van der Waals surface area contributed by atoms with E-state index < -0.39 is 9.84 Å². The van der Waals surface area contributed by atoms with Crippen molar-refractivity contribution >= 4 is 31.4 Å². The number of ether oxygens (including phenoxy) is 1. The molecule has 2 aromatic rings. The molecule has 0 fully saturated rings. The number of nitrogens with zero attached hydrogens (tertiary/aromatic N) is 1. The second-order valence-corrected chi connectivity index (χ2v) is 7.96. The van der Waals surface area contributed by atoms with E-state index >= 15 is 0 Å². The zero-order valence-corrected chi connectivity index (χ0v) is 13.1. The number of hydrogen-bond acceptors (Lipinski definition) is 6. The van der Waals surface area contributed by atoms with Crippen LogP contribution in [0.2, 0.25) is 0 Å². The van der Waals surface area contributed by atoms with Crippen LogP contribution in [0.15, 0.2) is 18.2 Å². The van der Waals surface area contributed by atoms with Crippen molar-refractivity contribution < 1.29 is 13.2 Å². The van der Waals surface area contributed by atoms with Gasteiger partial charge in [-0.05, 0) is 31.5 Å². The van der Waals surface area contributed by atoms with E-state index in [0.29, 0.717) is 13.0 Å². The Morgan fingerprint density at radius 3 is 2.85 bits per heavy atom. The first kappa shape index (κ1) is 15.2. The molecule has 1 unspecified atom stereocenters. The molecule has 0 saturated carbocycles. The zero-order chi connectivity index (χ0) is 14.8. The highest BCUT2D eigenvalue weighted by Gasteiger charge is 2.15. The predicted octanol–water partition coefficient (Wildman–Crippen LogP) is 2.13. The molecule has 5 nitrogen and oxygen atoms in total. The number of nitrogens with two attached hydrogens (primary N) is 1. The molecule has 0 spiro atoms. The highest BCUT2D eigenvalue weighted by molar-refractivity contribution is 7.90. The third-order valence-corrected chi connectivity index (χ3v) is 4.93. The van der Waals surface area contributed by atoms with Crippen molar-refractivity contribution in [1.29, 1.82) is 0 Å². The van der Waals surface area contributed by atoms with Crippen molar-refractivity contribution in [2.45, 2.75) is 19.4 Å². The van der Waals surface area contributed by atoms with Gasteiger partial charge in [-0.25, -0.2) is 13.4 Å². The Morgan fingerprint density at radius 2 is 2.20 bits per heavy atom. The van der Waals surface area contributed by atoms with E-state index in [1.54, 1.807) is 0 Å². The molecule has 1 heterocycles. The number of rotatable bonds is 6. The van der Waals surface area contributed by atoms with Gasteiger partial charge in [0.15, 0.2) is 0 Å². The average Bonchev–Trinajstić information content (AvgIpc) is 2.78. The topological polar surface area (TPSA) is 82.3 Å². The van der Waals surface area contributed by atoms with E-state index in [2.05, 4.69) is 4.98 Å². The molecule has 20 heavy (non-hydrogen) atoms. The van der Waals surface area contributed by atoms with Gasteiger partial charge in [-0.3, -0.25) is 0 Å². The molecule has 1 aromatic carbocycles. The van der Waals surface area contributed by atoms with Crippen LogP contribution in [0.3, 0.4) is 0 Å². The fraction of sp³-hybridized carbons (Fsp3) is 0.462. The van der Waals surface area contributed by atoms with Gasteiger partial charge in [0.05, 0.1) is 28.6 Å². The van der Waals surface area contributed by atoms with Gasteiger partial charge in [0.25, 0.3) is 0 Å². The van der Waals surface area contributed by atoms with Gasteiger partial charge in [-0.2, -0.15) is 0 Å². The first-order chi connectivity index (χ1) is 9.39. The first-order valence-corrected chi connectivity index (χ1v) is 9.23. The molecule has 2 rings (SSSR count). The number of hydrogen-bond donors (Lipinski definition) is 1. The summed E-state index contributed by atoms with van der Waals surface area (Å²) in [7, 11) is -2.99. The molecule has 110 valence electrons. The van der Waals surface area contributed by atoms with Gasteiger partial charge in [0.1, 0.15) is 20.6 Å². The number of benzene rings is 1. The lowest BCUT2D eigenvalue weighted by atomic mass is 10.2. The van der Waals surface area contributed by atoms with Crippen molar-refractivity contribution in [3.8, 4) is 5.75 Å². The maximum Gasteiger partial charge on any atom is 0.147 e. The summed E-state index contributed by atoms with van der Waals surface area (Å²) < 4.78 is 28.8. The summed E-state index contributed by atoms with van der Waals surface area (Å²) in [5, 5.41) is 0.761. The largest absolute Gasteiger partial charge is 0.494 e. The molecule has 1 aromatic heterocycles. The van der Waals surface area contributed by atoms with Crippen LogP contribution >= 0.6 is 11.3 Å². The predicted molar refractivity (Wildman–Crippen MR) is 82.0 cm³/mol. The van der Waals surface area contributed by atoms with Crippen LogP contribution < -0.4 is 10.5 Å². The van der Waals surface area contributed by atoms with Crippen molar-refractivity contribution in [2.24, 2.45) is 5.73 Å². The van der Waals surface area contributed by atoms with Gasteiger partial charge in [0, 0.05) is 6.26 Å². The van der Waals surface area contributed by atoms with Gasteiger partial charge in [0.2, 0.25) is 0 Å². The second-order valence-electron chi connectivity index (χ2n) is 4.64. The number of aromatic nitrogens is 1. The van der Waals surface area contributed by atoms with Crippen molar-refractivity contribution in [3.63, 3.8) is 0 Å². The number of fused-ring (bicyclic) bond motifs is 1. The molecule has 0 bridgehead atoms. The SMILES string of the molecule is CCOc1ccc2nc(C(N)CCS(C)(=O)=O)sc2c1. The van der Waals surface area contributed by atoms with Crippen LogP contribution in [0.1, 0.15) is 24.4 Å². The Morgan fingerprint density at radius 1 is 1.45 bits per heavy atom. The summed E-state index contributed by atoms with van der Waals surface area (Å²) in [6.45, 7) is 2.55. The minimum absolute atomic E-state index is 0.0777. The molecular weight excluding hydrogens is 296 g/mol. The third-order valence-electron chi connectivity index (χ3n) is 2.80. The smallest absolute Gasteiger partial charge is 0.147 e. The Bertz CT molecular complexity index is 695. The molecule has 0 aliphatic rings. The zero-order valence-electron chi connectivity index (χ0n) is 11.5. The molecular formula is C13H18N2O3S2. The van der Waals surface area contributed by atoms with Crippen LogP contribution in [-0.2, 0) is 9.84 Å². The monoisotopic (exact) mass is 314 g/mol. The van der Waals surface area contributed by atoms with Crippen LogP contribution in [0.25, 0.3) is 10.2 Å². The van der Waals surface area contributed by atoms with E-state index in [0.717, 1.165) is 21.0 Å². The molecule has 0 saturated heterocycles. The van der Waals surface area contributed by atoms with Crippen LogP contribution in [0.5, 0.6) is 5.75 Å². The van der Waals surface area contributed by atoms with Crippen LogP contribution in [0.4, 0.5) is 0 Å². The van der Waals surface area contributed by atoms with Crippen molar-refractivity contribution in [1.82, 2.24) is 4.98 Å². The Kier molecular flexibility index (Phi) is 4.62. The Balaban J connectivity index is 2.18. The normalized spacial score (nSPS) is 13.6. The quantitative estimate of drug-likeness (QED) is 0.883. The van der Waals surface area contributed by atoms with Gasteiger partial charge in [-0.15, -0.1) is 11.3 Å². The summed E-state index contributed by atoms with van der Waals surface area (Å²) in [4.78, 5) is 4.46. The van der Waals surface area contributed by atoms with E-state index in [-0.39, 0.29) is 11.8 Å². The molecule has 0 aliphatic carbocycles. The fourth-order valence-corrected chi connectivity index (χ4v) is 3.52. The van der Waals surface area contributed by atoms with Gasteiger partial charge in [-0.1, -0.05) is 0 Å². The van der Waals surface area contributed by atoms with E-state index in [4.69, 9.17) is 10.5 Å². The summed E-state index contributed by atoms with van der Waals surface area (Å²) in [6, 6.07) is 5.35.